The normalized spacial score (nSPS) is 10.3. The molecule has 0 bridgehead atoms. The van der Waals surface area contributed by atoms with E-state index in [-0.39, 0.29) is 0 Å². The highest BCUT2D eigenvalue weighted by atomic mass is 15.2. The van der Waals surface area contributed by atoms with E-state index in [4.69, 9.17) is 5.26 Å². The summed E-state index contributed by atoms with van der Waals surface area (Å²) in [5, 5.41) is 20.8. The molecule has 5 nitrogen and oxygen atoms in total. The fourth-order valence-corrected chi connectivity index (χ4v) is 1.95. The molecule has 0 unspecified atom stereocenters. The van der Waals surface area contributed by atoms with E-state index in [2.05, 4.69) is 38.3 Å². The van der Waals surface area contributed by atoms with E-state index < -0.39 is 0 Å². The van der Waals surface area contributed by atoms with Crippen molar-refractivity contribution in [2.75, 3.05) is 5.32 Å². The molecular weight excluding hydrogens is 238 g/mol. The summed E-state index contributed by atoms with van der Waals surface area (Å²) in [6.07, 6.45) is 2.02. The molecular formula is C14H11N5. The zero-order chi connectivity index (χ0) is 13.2. The topological polar surface area (TPSA) is 66.5 Å². The minimum atomic E-state index is 0.309. The predicted octanol–water partition coefficient (Wildman–Crippen LogP) is 2.58. The molecule has 2 heterocycles. The number of aromatic nitrogens is 3. The minimum absolute atomic E-state index is 0.309. The summed E-state index contributed by atoms with van der Waals surface area (Å²) in [4.78, 5) is 0. The van der Waals surface area contributed by atoms with Crippen molar-refractivity contribution < 1.29 is 0 Å². The number of nitriles is 1. The smallest absolute Gasteiger partial charge is 0.163 e. The van der Waals surface area contributed by atoms with Crippen LogP contribution in [0.3, 0.4) is 0 Å². The standard InChI is InChI=1S/C14H11N5/c1-19-7-6-10-2-3-11(8-13(10)19)16-14-5-4-12(9-15)17-18-14/h2-8H,1H3,(H,16,18). The molecule has 0 fully saturated rings. The van der Waals surface area contributed by atoms with Crippen LogP contribution in [0.2, 0.25) is 0 Å². The first-order chi connectivity index (χ1) is 9.26. The molecule has 19 heavy (non-hydrogen) atoms. The average Bonchev–Trinajstić information content (AvgIpc) is 2.81. The Labute approximate surface area is 110 Å². The molecule has 0 aliphatic heterocycles. The molecule has 0 aliphatic rings. The monoisotopic (exact) mass is 249 g/mol. The van der Waals surface area contributed by atoms with E-state index in [0.717, 1.165) is 11.2 Å². The maximum absolute atomic E-state index is 8.67. The molecule has 3 aromatic rings. The molecule has 3 rings (SSSR count). The highest BCUT2D eigenvalue weighted by Crippen LogP contribution is 2.21. The van der Waals surface area contributed by atoms with E-state index >= 15 is 0 Å². The van der Waals surface area contributed by atoms with Gasteiger partial charge in [-0.2, -0.15) is 5.26 Å². The van der Waals surface area contributed by atoms with Crippen molar-refractivity contribution in [1.82, 2.24) is 14.8 Å². The van der Waals surface area contributed by atoms with Gasteiger partial charge < -0.3 is 9.88 Å². The van der Waals surface area contributed by atoms with Crippen LogP contribution in [0, 0.1) is 11.3 Å². The fraction of sp³-hybridized carbons (Fsp3) is 0.0714. The molecule has 2 aromatic heterocycles. The van der Waals surface area contributed by atoms with Gasteiger partial charge in [-0.25, -0.2) is 0 Å². The molecule has 5 heteroatoms. The van der Waals surface area contributed by atoms with E-state index in [1.165, 1.54) is 5.39 Å². The molecule has 92 valence electrons. The van der Waals surface area contributed by atoms with Gasteiger partial charge in [-0.15, -0.1) is 10.2 Å². The van der Waals surface area contributed by atoms with Gasteiger partial charge in [-0.05, 0) is 35.7 Å². The second kappa shape index (κ2) is 4.42. The third kappa shape index (κ3) is 2.11. The Balaban J connectivity index is 1.91. The van der Waals surface area contributed by atoms with Crippen LogP contribution >= 0.6 is 0 Å². The highest BCUT2D eigenvalue weighted by Gasteiger charge is 2.01. The molecule has 1 aromatic carbocycles. The van der Waals surface area contributed by atoms with E-state index in [1.807, 2.05) is 25.4 Å². The Morgan fingerprint density at radius 1 is 1.16 bits per heavy atom. The first-order valence-corrected chi connectivity index (χ1v) is 5.82. The Hall–Kier alpha value is -2.87. The summed E-state index contributed by atoms with van der Waals surface area (Å²) in [5.41, 5.74) is 2.39. The van der Waals surface area contributed by atoms with Crippen LogP contribution in [0.15, 0.2) is 42.6 Å². The Morgan fingerprint density at radius 2 is 2.05 bits per heavy atom. The number of nitrogens with zero attached hydrogens (tertiary/aromatic N) is 4. The second-order valence-corrected chi connectivity index (χ2v) is 4.24. The van der Waals surface area contributed by atoms with Crippen LogP contribution in [0.25, 0.3) is 10.9 Å². The molecule has 0 aliphatic carbocycles. The minimum Gasteiger partial charge on any atom is -0.350 e. The van der Waals surface area contributed by atoms with Crippen LogP contribution in [0.5, 0.6) is 0 Å². The van der Waals surface area contributed by atoms with Crippen LogP contribution in [-0.4, -0.2) is 14.8 Å². The van der Waals surface area contributed by atoms with Crippen molar-refractivity contribution in [3.05, 3.63) is 48.3 Å². The first kappa shape index (κ1) is 11.2. The molecule has 0 spiro atoms. The number of anilines is 2. The summed E-state index contributed by atoms with van der Waals surface area (Å²) in [6, 6.07) is 13.5. The number of nitrogens with one attached hydrogen (secondary N) is 1. The van der Waals surface area contributed by atoms with Gasteiger partial charge in [0.1, 0.15) is 6.07 Å². The Bertz CT molecular complexity index is 765. The molecule has 0 atom stereocenters. The van der Waals surface area contributed by atoms with Crippen molar-refractivity contribution in [1.29, 1.82) is 5.26 Å². The van der Waals surface area contributed by atoms with Crippen molar-refractivity contribution in [2.45, 2.75) is 0 Å². The van der Waals surface area contributed by atoms with Crippen molar-refractivity contribution in [2.24, 2.45) is 7.05 Å². The lowest BCUT2D eigenvalue weighted by Gasteiger charge is -2.05. The summed E-state index contributed by atoms with van der Waals surface area (Å²) >= 11 is 0. The molecule has 0 radical (unpaired) electrons. The van der Waals surface area contributed by atoms with Crippen molar-refractivity contribution >= 4 is 22.4 Å². The summed E-state index contributed by atoms with van der Waals surface area (Å²) in [5.74, 6) is 0.618. The third-order valence-electron chi connectivity index (χ3n) is 2.94. The lowest BCUT2D eigenvalue weighted by molar-refractivity contribution is 0.969. The van der Waals surface area contributed by atoms with E-state index in [0.29, 0.717) is 11.5 Å². The SMILES string of the molecule is Cn1ccc2ccc(Nc3ccc(C#N)nn3)cc21. The van der Waals surface area contributed by atoms with Gasteiger partial charge in [0.25, 0.3) is 0 Å². The van der Waals surface area contributed by atoms with Crippen molar-refractivity contribution in [3.8, 4) is 6.07 Å². The third-order valence-corrected chi connectivity index (χ3v) is 2.94. The maximum atomic E-state index is 8.67. The first-order valence-electron chi connectivity index (χ1n) is 5.82. The highest BCUT2D eigenvalue weighted by molar-refractivity contribution is 5.84. The zero-order valence-corrected chi connectivity index (χ0v) is 10.3. The molecule has 0 saturated heterocycles. The Kier molecular flexibility index (Phi) is 2.62. The van der Waals surface area contributed by atoms with Gasteiger partial charge in [0.15, 0.2) is 11.5 Å². The van der Waals surface area contributed by atoms with Gasteiger partial charge >= 0.3 is 0 Å². The summed E-state index contributed by atoms with van der Waals surface area (Å²) in [7, 11) is 2.01. The number of benzene rings is 1. The number of fused-ring (bicyclic) bond motifs is 1. The molecule has 0 saturated carbocycles. The van der Waals surface area contributed by atoms with E-state index in [1.54, 1.807) is 12.1 Å². The zero-order valence-electron chi connectivity index (χ0n) is 10.3. The van der Waals surface area contributed by atoms with Gasteiger partial charge in [-0.3, -0.25) is 0 Å². The van der Waals surface area contributed by atoms with Gasteiger partial charge in [0.05, 0.1) is 0 Å². The second-order valence-electron chi connectivity index (χ2n) is 4.24. The summed E-state index contributed by atoms with van der Waals surface area (Å²) < 4.78 is 2.06. The number of hydrogen-bond donors (Lipinski definition) is 1. The fourth-order valence-electron chi connectivity index (χ4n) is 1.95. The van der Waals surface area contributed by atoms with Crippen LogP contribution in [0.4, 0.5) is 11.5 Å². The van der Waals surface area contributed by atoms with E-state index in [9.17, 15) is 0 Å². The summed E-state index contributed by atoms with van der Waals surface area (Å²) in [6.45, 7) is 0. The quantitative estimate of drug-likeness (QED) is 0.758. The number of hydrogen-bond acceptors (Lipinski definition) is 4. The van der Waals surface area contributed by atoms with Gasteiger partial charge in [0, 0.05) is 24.4 Å². The van der Waals surface area contributed by atoms with Crippen LogP contribution in [-0.2, 0) is 7.05 Å². The molecule has 1 N–H and O–H groups in total. The molecule has 0 amide bonds. The lowest BCUT2D eigenvalue weighted by atomic mass is 10.2. The Morgan fingerprint density at radius 3 is 2.79 bits per heavy atom. The van der Waals surface area contributed by atoms with Crippen molar-refractivity contribution in [3.63, 3.8) is 0 Å². The number of aryl methyl sites for hydroxylation is 1. The largest absolute Gasteiger partial charge is 0.350 e. The van der Waals surface area contributed by atoms with Gasteiger partial charge in [-0.1, -0.05) is 6.07 Å². The van der Waals surface area contributed by atoms with Gasteiger partial charge in [0.2, 0.25) is 0 Å². The predicted molar refractivity (Wildman–Crippen MR) is 72.9 cm³/mol. The average molecular weight is 249 g/mol. The number of rotatable bonds is 2. The van der Waals surface area contributed by atoms with Crippen LogP contribution < -0.4 is 5.32 Å². The maximum Gasteiger partial charge on any atom is 0.163 e. The van der Waals surface area contributed by atoms with Crippen LogP contribution in [0.1, 0.15) is 5.69 Å². The lowest BCUT2D eigenvalue weighted by Crippen LogP contribution is -1.96.